The van der Waals surface area contributed by atoms with Crippen LogP contribution in [0.4, 0.5) is 5.69 Å². The van der Waals surface area contributed by atoms with Crippen LogP contribution in [-0.4, -0.2) is 24.8 Å². The van der Waals surface area contributed by atoms with E-state index in [9.17, 15) is 0 Å². The lowest BCUT2D eigenvalue weighted by Crippen LogP contribution is -2.38. The molecule has 23 heavy (non-hydrogen) atoms. The van der Waals surface area contributed by atoms with Gasteiger partial charge in [0.1, 0.15) is 17.2 Å². The van der Waals surface area contributed by atoms with Gasteiger partial charge in [0.15, 0.2) is 0 Å². The van der Waals surface area contributed by atoms with Crippen LogP contribution in [0.1, 0.15) is 16.7 Å². The predicted molar refractivity (Wildman–Crippen MR) is 91.2 cm³/mol. The highest BCUT2D eigenvalue weighted by Crippen LogP contribution is 2.30. The van der Waals surface area contributed by atoms with Gasteiger partial charge in [0.25, 0.3) is 0 Å². The second-order valence-electron chi connectivity index (χ2n) is 5.67. The Morgan fingerprint density at radius 1 is 1.13 bits per heavy atom. The first-order valence-electron chi connectivity index (χ1n) is 7.56. The molecule has 0 aromatic heterocycles. The van der Waals surface area contributed by atoms with E-state index in [2.05, 4.69) is 35.0 Å². The summed E-state index contributed by atoms with van der Waals surface area (Å²) in [6, 6.07) is 12.1. The number of ether oxygens (including phenoxy) is 2. The van der Waals surface area contributed by atoms with Crippen LogP contribution >= 0.6 is 0 Å². The first-order valence-corrected chi connectivity index (χ1v) is 7.56. The summed E-state index contributed by atoms with van der Waals surface area (Å²) >= 11 is 0. The van der Waals surface area contributed by atoms with Crippen LogP contribution in [0.15, 0.2) is 36.4 Å². The molecule has 0 saturated heterocycles. The van der Waals surface area contributed by atoms with Crippen molar-refractivity contribution in [1.82, 2.24) is 0 Å². The van der Waals surface area contributed by atoms with Crippen LogP contribution in [-0.2, 0) is 13.1 Å². The van der Waals surface area contributed by atoms with Crippen LogP contribution in [0.3, 0.4) is 0 Å². The smallest absolute Gasteiger partial charge is 0.348 e. The summed E-state index contributed by atoms with van der Waals surface area (Å²) in [5, 5.41) is 3.28. The average Bonchev–Trinajstić information content (AvgIpc) is 2.55. The van der Waals surface area contributed by atoms with Crippen molar-refractivity contribution in [1.29, 1.82) is 0 Å². The zero-order valence-corrected chi connectivity index (χ0v) is 13.7. The van der Waals surface area contributed by atoms with E-state index < -0.39 is 0 Å². The fourth-order valence-corrected chi connectivity index (χ4v) is 2.87. The van der Waals surface area contributed by atoms with E-state index >= 15 is 0 Å². The molecule has 0 fully saturated rings. The molecule has 0 saturated carbocycles. The third-order valence-corrected chi connectivity index (χ3v) is 4.11. The zero-order valence-electron chi connectivity index (χ0n) is 13.7. The molecule has 3 rings (SSSR count). The summed E-state index contributed by atoms with van der Waals surface area (Å²) in [7, 11) is 3.33. The number of nitrogens with one attached hydrogen (secondary N) is 1. The standard InChI is InChI=1S/C18H21N3O2/c1-12-7-8-13-10-21(18(19)20-15(13)9-12)11-14-16(22-2)5-4-6-17(14)23-3/h4-9H,10-11H2,1-3H3,(H2,19,20)/p+1. The molecule has 1 heterocycles. The number of nitrogens with two attached hydrogens (primary N) is 1. The molecule has 0 radical (unpaired) electrons. The Balaban J connectivity index is 1.94. The van der Waals surface area contributed by atoms with Gasteiger partial charge in [-0.15, -0.1) is 0 Å². The number of hydrogen-bond donors (Lipinski definition) is 2. The van der Waals surface area contributed by atoms with E-state index in [0.717, 1.165) is 29.3 Å². The summed E-state index contributed by atoms with van der Waals surface area (Å²) in [6.07, 6.45) is 0. The number of fused-ring (bicyclic) bond motifs is 1. The fraction of sp³-hybridized carbons (Fsp3) is 0.278. The highest BCUT2D eigenvalue weighted by atomic mass is 16.5. The van der Waals surface area contributed by atoms with Crippen molar-refractivity contribution in [2.45, 2.75) is 20.0 Å². The minimum atomic E-state index is 0.610. The van der Waals surface area contributed by atoms with Crippen molar-refractivity contribution in [3.63, 3.8) is 0 Å². The van der Waals surface area contributed by atoms with E-state index in [0.29, 0.717) is 12.5 Å². The molecule has 1 aliphatic heterocycles. The Labute approximate surface area is 136 Å². The fourth-order valence-electron chi connectivity index (χ4n) is 2.87. The van der Waals surface area contributed by atoms with Crippen molar-refractivity contribution in [2.24, 2.45) is 5.73 Å². The molecule has 0 amide bonds. The van der Waals surface area contributed by atoms with Gasteiger partial charge in [-0.3, -0.25) is 10.3 Å². The minimum Gasteiger partial charge on any atom is -0.496 e. The Morgan fingerprint density at radius 2 is 1.83 bits per heavy atom. The van der Waals surface area contributed by atoms with Gasteiger partial charge in [-0.1, -0.05) is 18.2 Å². The lowest BCUT2D eigenvalue weighted by atomic mass is 10.1. The van der Waals surface area contributed by atoms with Crippen molar-refractivity contribution in [2.75, 3.05) is 19.5 Å². The monoisotopic (exact) mass is 312 g/mol. The third-order valence-electron chi connectivity index (χ3n) is 4.11. The predicted octanol–water partition coefficient (Wildman–Crippen LogP) is 2.47. The lowest BCUT2D eigenvalue weighted by Gasteiger charge is -2.21. The summed E-state index contributed by atoms with van der Waals surface area (Å²) in [4.78, 5) is 0. The van der Waals surface area contributed by atoms with Crippen LogP contribution in [0, 0.1) is 6.92 Å². The summed E-state index contributed by atoms with van der Waals surface area (Å²) < 4.78 is 13.0. The number of aryl methyl sites for hydroxylation is 1. The minimum absolute atomic E-state index is 0.610. The number of methoxy groups -OCH3 is 2. The quantitative estimate of drug-likeness (QED) is 0.852. The van der Waals surface area contributed by atoms with Gasteiger partial charge in [-0.25, -0.2) is 5.32 Å². The van der Waals surface area contributed by atoms with Gasteiger partial charge in [-0.2, -0.15) is 0 Å². The van der Waals surface area contributed by atoms with Crippen molar-refractivity contribution in [3.05, 3.63) is 53.1 Å². The Kier molecular flexibility index (Phi) is 4.10. The maximum atomic E-state index is 6.22. The Hall–Kier alpha value is -2.69. The number of rotatable bonds is 4. The average molecular weight is 312 g/mol. The number of guanidine groups is 1. The maximum Gasteiger partial charge on any atom is 0.348 e. The number of benzene rings is 2. The lowest BCUT2D eigenvalue weighted by molar-refractivity contribution is -0.562. The van der Waals surface area contributed by atoms with Gasteiger partial charge in [0, 0.05) is 5.56 Å². The van der Waals surface area contributed by atoms with Gasteiger partial charge >= 0.3 is 5.96 Å². The van der Waals surface area contributed by atoms with E-state index in [1.807, 2.05) is 18.2 Å². The van der Waals surface area contributed by atoms with E-state index in [1.54, 1.807) is 14.2 Å². The van der Waals surface area contributed by atoms with Crippen molar-refractivity contribution in [3.8, 4) is 11.5 Å². The second kappa shape index (κ2) is 6.20. The largest absolute Gasteiger partial charge is 0.496 e. The van der Waals surface area contributed by atoms with Crippen LogP contribution in [0.25, 0.3) is 0 Å². The maximum absolute atomic E-state index is 6.22. The first-order chi connectivity index (χ1) is 11.1. The molecule has 0 bridgehead atoms. The van der Waals surface area contributed by atoms with Crippen molar-refractivity contribution >= 4 is 11.6 Å². The molecule has 0 unspecified atom stereocenters. The normalized spacial score (nSPS) is 13.3. The van der Waals surface area contributed by atoms with Crippen LogP contribution in [0.2, 0.25) is 0 Å². The molecule has 0 atom stereocenters. The van der Waals surface area contributed by atoms with Gasteiger partial charge in [0.2, 0.25) is 0 Å². The van der Waals surface area contributed by atoms with Crippen molar-refractivity contribution < 1.29 is 14.0 Å². The molecule has 0 spiro atoms. The molecule has 120 valence electrons. The Bertz CT molecular complexity index is 747. The molecule has 2 aromatic rings. The van der Waals surface area contributed by atoms with Gasteiger partial charge in [0.05, 0.1) is 32.9 Å². The molecule has 5 nitrogen and oxygen atoms in total. The number of hydrogen-bond acceptors (Lipinski definition) is 4. The molecule has 2 aromatic carbocycles. The Morgan fingerprint density at radius 3 is 2.48 bits per heavy atom. The molecule has 1 aliphatic rings. The number of nitrogens with zero attached hydrogens (tertiary/aromatic N) is 1. The molecular weight excluding hydrogens is 290 g/mol. The van der Waals surface area contributed by atoms with E-state index in [4.69, 9.17) is 15.2 Å². The van der Waals surface area contributed by atoms with Gasteiger partial charge < -0.3 is 9.47 Å². The zero-order chi connectivity index (χ0) is 16.4. The van der Waals surface area contributed by atoms with Crippen LogP contribution in [0.5, 0.6) is 11.5 Å². The topological polar surface area (TPSA) is 59.5 Å². The molecular formula is C18H22N3O2+. The highest BCUT2D eigenvalue weighted by Gasteiger charge is 2.23. The van der Waals surface area contributed by atoms with E-state index in [1.165, 1.54) is 11.1 Å². The van der Waals surface area contributed by atoms with Gasteiger partial charge in [-0.05, 0) is 30.7 Å². The highest BCUT2D eigenvalue weighted by molar-refractivity contribution is 5.90. The molecule has 3 N–H and O–H groups in total. The first kappa shape index (κ1) is 15.2. The molecule has 5 heteroatoms. The summed E-state index contributed by atoms with van der Waals surface area (Å²) in [5.74, 6) is 2.23. The summed E-state index contributed by atoms with van der Waals surface area (Å²) in [6.45, 7) is 3.43. The molecule has 0 aliphatic carbocycles. The van der Waals surface area contributed by atoms with Crippen LogP contribution < -0.4 is 20.5 Å². The number of anilines is 1. The third kappa shape index (κ3) is 2.95. The van der Waals surface area contributed by atoms with E-state index in [-0.39, 0.29) is 0 Å². The summed E-state index contributed by atoms with van der Waals surface area (Å²) in [5.41, 5.74) is 10.7. The second-order valence-corrected chi connectivity index (χ2v) is 5.67. The SMILES string of the molecule is COc1cccc(OC)c1C[N+]1=C(N)Nc2cc(C)ccc2C1.